The summed E-state index contributed by atoms with van der Waals surface area (Å²) in [6.07, 6.45) is -3.34. The molecule has 1 heterocycles. The molecule has 2 aromatic rings. The van der Waals surface area contributed by atoms with Crippen LogP contribution in [-0.2, 0) is 19.0 Å². The Hall–Kier alpha value is -1.89. The van der Waals surface area contributed by atoms with Crippen molar-refractivity contribution in [3.8, 4) is 0 Å². The Balaban J connectivity index is 2.01. The molecule has 108 valence electrons. The van der Waals surface area contributed by atoms with Gasteiger partial charge in [-0.1, -0.05) is 17.3 Å². The molecule has 20 heavy (non-hydrogen) atoms. The van der Waals surface area contributed by atoms with Crippen LogP contribution >= 0.6 is 0 Å². The van der Waals surface area contributed by atoms with Crippen molar-refractivity contribution in [1.82, 2.24) is 15.5 Å². The normalized spacial score (nSPS) is 11.8. The number of aromatic nitrogens is 2. The summed E-state index contributed by atoms with van der Waals surface area (Å²) in [6.45, 7) is 0.724. The minimum Gasteiger partial charge on any atom is -0.339 e. The van der Waals surface area contributed by atoms with Gasteiger partial charge in [-0.05, 0) is 24.7 Å². The Labute approximate surface area is 114 Å². The molecule has 0 aliphatic carbocycles. The lowest BCUT2D eigenvalue weighted by atomic mass is 10.1. The Morgan fingerprint density at radius 3 is 2.50 bits per heavy atom. The summed E-state index contributed by atoms with van der Waals surface area (Å²) in [7, 11) is 1.82. The van der Waals surface area contributed by atoms with Gasteiger partial charge in [-0.3, -0.25) is 0 Å². The van der Waals surface area contributed by atoms with E-state index in [2.05, 4.69) is 15.5 Å². The third-order valence-corrected chi connectivity index (χ3v) is 2.74. The Morgan fingerprint density at radius 2 is 1.90 bits per heavy atom. The molecule has 0 saturated carbocycles. The second-order valence-corrected chi connectivity index (χ2v) is 4.33. The molecule has 2 rings (SSSR count). The first-order valence-electron chi connectivity index (χ1n) is 6.11. The van der Waals surface area contributed by atoms with Gasteiger partial charge in [-0.25, -0.2) is 0 Å². The van der Waals surface area contributed by atoms with E-state index < -0.39 is 11.7 Å². The standard InChI is InChI=1S/C13H14F3N3O/c1-17-7-6-12-18-11(19-20-12)8-9-2-4-10(5-3-9)13(14,15)16/h2-5,17H,6-8H2,1H3. The number of hydrogen-bond acceptors (Lipinski definition) is 4. The Bertz CT molecular complexity index is 549. The number of benzene rings is 1. The summed E-state index contributed by atoms with van der Waals surface area (Å²) in [4.78, 5) is 4.17. The summed E-state index contributed by atoms with van der Waals surface area (Å²) >= 11 is 0. The molecule has 1 aromatic heterocycles. The predicted octanol–water partition coefficient (Wildman–Crippen LogP) is 2.44. The first-order valence-corrected chi connectivity index (χ1v) is 6.11. The van der Waals surface area contributed by atoms with Gasteiger partial charge >= 0.3 is 6.18 Å². The largest absolute Gasteiger partial charge is 0.416 e. The van der Waals surface area contributed by atoms with Crippen LogP contribution in [0.5, 0.6) is 0 Å². The Kier molecular flexibility index (Phi) is 4.39. The fraction of sp³-hybridized carbons (Fsp3) is 0.385. The average Bonchev–Trinajstić information content (AvgIpc) is 2.83. The van der Waals surface area contributed by atoms with Crippen molar-refractivity contribution in [2.45, 2.75) is 19.0 Å². The maximum absolute atomic E-state index is 12.4. The molecule has 4 nitrogen and oxygen atoms in total. The predicted molar refractivity (Wildman–Crippen MR) is 66.2 cm³/mol. The van der Waals surface area contributed by atoms with E-state index in [4.69, 9.17) is 4.52 Å². The molecule has 0 radical (unpaired) electrons. The number of alkyl halides is 3. The van der Waals surface area contributed by atoms with Crippen molar-refractivity contribution in [1.29, 1.82) is 0 Å². The molecule has 0 fully saturated rings. The van der Waals surface area contributed by atoms with Crippen LogP contribution in [0, 0.1) is 0 Å². The van der Waals surface area contributed by atoms with Crippen LogP contribution in [0.4, 0.5) is 13.2 Å². The van der Waals surface area contributed by atoms with E-state index in [1.165, 1.54) is 12.1 Å². The highest BCUT2D eigenvalue weighted by Crippen LogP contribution is 2.29. The molecular weight excluding hydrogens is 271 g/mol. The first kappa shape index (κ1) is 14.5. The SMILES string of the molecule is CNCCc1nc(Cc2ccc(C(F)(F)F)cc2)no1. The fourth-order valence-electron chi connectivity index (χ4n) is 1.69. The van der Waals surface area contributed by atoms with Gasteiger partial charge < -0.3 is 9.84 Å². The molecule has 0 saturated heterocycles. The average molecular weight is 285 g/mol. The van der Waals surface area contributed by atoms with Gasteiger partial charge in [0.15, 0.2) is 5.82 Å². The number of nitrogens with one attached hydrogen (secondary N) is 1. The van der Waals surface area contributed by atoms with Crippen LogP contribution in [-0.4, -0.2) is 23.7 Å². The summed E-state index contributed by atoms with van der Waals surface area (Å²) in [6, 6.07) is 4.95. The van der Waals surface area contributed by atoms with Crippen LogP contribution in [0.25, 0.3) is 0 Å². The van der Waals surface area contributed by atoms with Crippen LogP contribution < -0.4 is 5.32 Å². The summed E-state index contributed by atoms with van der Waals surface area (Å²) < 4.78 is 42.3. The molecule has 1 N–H and O–H groups in total. The van der Waals surface area contributed by atoms with Crippen LogP contribution in [0.2, 0.25) is 0 Å². The number of hydrogen-bond donors (Lipinski definition) is 1. The minimum atomic E-state index is -4.31. The molecule has 0 bridgehead atoms. The molecule has 0 atom stereocenters. The fourth-order valence-corrected chi connectivity index (χ4v) is 1.69. The zero-order chi connectivity index (χ0) is 14.6. The Morgan fingerprint density at radius 1 is 1.20 bits per heavy atom. The molecule has 0 unspecified atom stereocenters. The van der Waals surface area contributed by atoms with Gasteiger partial charge in [0.1, 0.15) is 0 Å². The second kappa shape index (κ2) is 6.04. The van der Waals surface area contributed by atoms with E-state index in [0.717, 1.165) is 18.7 Å². The number of rotatable bonds is 5. The molecule has 7 heteroatoms. The number of nitrogens with zero attached hydrogens (tertiary/aromatic N) is 2. The van der Waals surface area contributed by atoms with Crippen LogP contribution in [0.15, 0.2) is 28.8 Å². The highest BCUT2D eigenvalue weighted by molar-refractivity contribution is 5.26. The van der Waals surface area contributed by atoms with Crippen molar-refractivity contribution < 1.29 is 17.7 Å². The minimum absolute atomic E-state index is 0.348. The van der Waals surface area contributed by atoms with E-state index >= 15 is 0 Å². The number of likely N-dealkylation sites (N-methyl/N-ethyl adjacent to an activating group) is 1. The van der Waals surface area contributed by atoms with Crippen molar-refractivity contribution in [3.05, 3.63) is 47.1 Å². The monoisotopic (exact) mass is 285 g/mol. The summed E-state index contributed by atoms with van der Waals surface area (Å²) in [5.41, 5.74) is 0.0445. The second-order valence-electron chi connectivity index (χ2n) is 4.33. The van der Waals surface area contributed by atoms with Crippen molar-refractivity contribution >= 4 is 0 Å². The van der Waals surface area contributed by atoms with Crippen molar-refractivity contribution in [3.63, 3.8) is 0 Å². The molecule has 0 spiro atoms. The van der Waals surface area contributed by atoms with E-state index in [1.54, 1.807) is 0 Å². The smallest absolute Gasteiger partial charge is 0.339 e. The summed E-state index contributed by atoms with van der Waals surface area (Å²) in [5, 5.41) is 6.76. The van der Waals surface area contributed by atoms with E-state index in [-0.39, 0.29) is 0 Å². The molecule has 1 aromatic carbocycles. The third-order valence-electron chi connectivity index (χ3n) is 2.74. The lowest BCUT2D eigenvalue weighted by molar-refractivity contribution is -0.137. The maximum Gasteiger partial charge on any atom is 0.416 e. The van der Waals surface area contributed by atoms with E-state index in [9.17, 15) is 13.2 Å². The number of halogens is 3. The zero-order valence-corrected chi connectivity index (χ0v) is 10.9. The van der Waals surface area contributed by atoms with Crippen LogP contribution in [0.1, 0.15) is 22.8 Å². The van der Waals surface area contributed by atoms with Gasteiger partial charge in [0.2, 0.25) is 5.89 Å². The molecular formula is C13H14F3N3O. The van der Waals surface area contributed by atoms with Gasteiger partial charge in [0.05, 0.1) is 5.56 Å². The molecule has 0 amide bonds. The van der Waals surface area contributed by atoms with Gasteiger partial charge in [-0.15, -0.1) is 0 Å². The van der Waals surface area contributed by atoms with Gasteiger partial charge in [0, 0.05) is 19.4 Å². The maximum atomic E-state index is 12.4. The van der Waals surface area contributed by atoms with Gasteiger partial charge in [0.25, 0.3) is 0 Å². The molecule has 0 aliphatic heterocycles. The molecule has 0 aliphatic rings. The zero-order valence-electron chi connectivity index (χ0n) is 10.9. The lowest BCUT2D eigenvalue weighted by Crippen LogP contribution is -2.10. The first-order chi connectivity index (χ1) is 9.49. The topological polar surface area (TPSA) is 51.0 Å². The van der Waals surface area contributed by atoms with Crippen molar-refractivity contribution in [2.24, 2.45) is 0 Å². The third kappa shape index (κ3) is 3.80. The quantitative estimate of drug-likeness (QED) is 0.916. The highest BCUT2D eigenvalue weighted by Gasteiger charge is 2.29. The highest BCUT2D eigenvalue weighted by atomic mass is 19.4. The van der Waals surface area contributed by atoms with Gasteiger partial charge in [-0.2, -0.15) is 18.2 Å². The van der Waals surface area contributed by atoms with Crippen molar-refractivity contribution in [2.75, 3.05) is 13.6 Å². The summed E-state index contributed by atoms with van der Waals surface area (Å²) in [5.74, 6) is 0.983. The lowest BCUT2D eigenvalue weighted by Gasteiger charge is -2.06. The van der Waals surface area contributed by atoms with E-state index in [0.29, 0.717) is 30.1 Å². The van der Waals surface area contributed by atoms with Crippen LogP contribution in [0.3, 0.4) is 0 Å². The van der Waals surface area contributed by atoms with E-state index in [1.807, 2.05) is 7.05 Å².